The van der Waals surface area contributed by atoms with Crippen LogP contribution in [-0.2, 0) is 6.54 Å². The predicted molar refractivity (Wildman–Crippen MR) is 67.1 cm³/mol. The smallest absolute Gasteiger partial charge is 0.0675 e. The summed E-state index contributed by atoms with van der Waals surface area (Å²) in [5.74, 6) is 0.264. The molecular weight excluding hydrogens is 208 g/mol. The summed E-state index contributed by atoms with van der Waals surface area (Å²) in [4.78, 5) is 2.46. The van der Waals surface area contributed by atoms with Crippen LogP contribution in [-0.4, -0.2) is 18.0 Å². The average molecular weight is 226 g/mol. The third kappa shape index (κ3) is 1.85. The van der Waals surface area contributed by atoms with Crippen LogP contribution < -0.4 is 0 Å². The maximum Gasteiger partial charge on any atom is 0.0675 e. The number of benzene rings is 1. The summed E-state index contributed by atoms with van der Waals surface area (Å²) in [6, 6.07) is 13.1. The Labute approximate surface area is 103 Å². The van der Waals surface area contributed by atoms with Crippen molar-refractivity contribution in [3.8, 4) is 6.07 Å². The molecule has 0 radical (unpaired) electrons. The summed E-state index contributed by atoms with van der Waals surface area (Å²) in [5, 5.41) is 9.27. The van der Waals surface area contributed by atoms with E-state index < -0.39 is 0 Å². The first-order chi connectivity index (χ1) is 8.32. The first-order valence-electron chi connectivity index (χ1n) is 6.48. The van der Waals surface area contributed by atoms with Crippen molar-refractivity contribution in [1.82, 2.24) is 4.90 Å². The topological polar surface area (TPSA) is 27.0 Å². The highest BCUT2D eigenvalue weighted by Crippen LogP contribution is 2.51. The Kier molecular flexibility index (Phi) is 2.64. The van der Waals surface area contributed by atoms with Crippen LogP contribution in [0.2, 0.25) is 0 Å². The third-order valence-electron chi connectivity index (χ3n) is 4.47. The molecule has 2 fully saturated rings. The van der Waals surface area contributed by atoms with Crippen LogP contribution in [0.3, 0.4) is 0 Å². The van der Waals surface area contributed by atoms with Gasteiger partial charge < -0.3 is 0 Å². The molecule has 1 aliphatic carbocycles. The predicted octanol–water partition coefficient (Wildman–Crippen LogP) is 2.81. The third-order valence-corrected chi connectivity index (χ3v) is 4.47. The summed E-state index contributed by atoms with van der Waals surface area (Å²) in [7, 11) is 0. The molecule has 1 aliphatic heterocycles. The van der Waals surface area contributed by atoms with Gasteiger partial charge in [-0.2, -0.15) is 5.26 Å². The maximum absolute atomic E-state index is 9.27. The van der Waals surface area contributed by atoms with Gasteiger partial charge in [-0.1, -0.05) is 36.8 Å². The van der Waals surface area contributed by atoms with Crippen molar-refractivity contribution in [2.75, 3.05) is 13.1 Å². The molecule has 1 aromatic carbocycles. The minimum Gasteiger partial charge on any atom is -0.297 e. The zero-order valence-electron chi connectivity index (χ0n) is 10.1. The Hall–Kier alpha value is -1.33. The fraction of sp³-hybridized carbons (Fsp3) is 0.533. The zero-order valence-corrected chi connectivity index (χ0v) is 10.1. The summed E-state index contributed by atoms with van der Waals surface area (Å²) in [5.41, 5.74) is 1.71. The first-order valence-corrected chi connectivity index (χ1v) is 6.48. The van der Waals surface area contributed by atoms with Gasteiger partial charge in [0.05, 0.1) is 12.0 Å². The fourth-order valence-corrected chi connectivity index (χ4v) is 3.35. The molecule has 3 rings (SSSR count). The highest BCUT2D eigenvalue weighted by molar-refractivity contribution is 5.16. The number of nitriles is 1. The van der Waals surface area contributed by atoms with Crippen molar-refractivity contribution >= 4 is 0 Å². The normalized spacial score (nSPS) is 26.6. The summed E-state index contributed by atoms with van der Waals surface area (Å²) >= 11 is 0. The van der Waals surface area contributed by atoms with E-state index in [1.807, 2.05) is 0 Å². The Morgan fingerprint density at radius 1 is 1.29 bits per heavy atom. The van der Waals surface area contributed by atoms with Crippen molar-refractivity contribution < 1.29 is 0 Å². The molecule has 0 bridgehead atoms. The van der Waals surface area contributed by atoms with E-state index in [1.54, 1.807) is 0 Å². The lowest BCUT2D eigenvalue weighted by Gasteiger charge is -2.40. The van der Waals surface area contributed by atoms with Crippen LogP contribution in [0.4, 0.5) is 0 Å². The van der Waals surface area contributed by atoms with Crippen molar-refractivity contribution in [2.24, 2.45) is 11.3 Å². The Balaban J connectivity index is 1.69. The van der Waals surface area contributed by atoms with Crippen molar-refractivity contribution in [2.45, 2.75) is 25.8 Å². The Morgan fingerprint density at radius 3 is 2.59 bits per heavy atom. The minimum absolute atomic E-state index is 0.264. The molecule has 1 saturated heterocycles. The van der Waals surface area contributed by atoms with Crippen LogP contribution in [0.25, 0.3) is 0 Å². The Bertz CT molecular complexity index is 428. The molecule has 1 atom stereocenters. The van der Waals surface area contributed by atoms with Gasteiger partial charge in [-0.3, -0.25) is 4.90 Å². The van der Waals surface area contributed by atoms with E-state index in [0.717, 1.165) is 19.6 Å². The second kappa shape index (κ2) is 4.16. The molecular formula is C15H18N2. The van der Waals surface area contributed by atoms with Gasteiger partial charge in [0.25, 0.3) is 0 Å². The lowest BCUT2D eigenvalue weighted by Crippen LogP contribution is -2.37. The summed E-state index contributed by atoms with van der Waals surface area (Å²) < 4.78 is 0. The molecule has 2 nitrogen and oxygen atoms in total. The number of nitrogens with zero attached hydrogens (tertiary/aromatic N) is 2. The van der Waals surface area contributed by atoms with Crippen LogP contribution in [0.15, 0.2) is 30.3 Å². The van der Waals surface area contributed by atoms with Crippen LogP contribution in [0.5, 0.6) is 0 Å². The SMILES string of the molecule is N#C[C@@H]1CN(Cc2ccccc2)CC12CCC2. The lowest BCUT2D eigenvalue weighted by molar-refractivity contribution is 0.112. The molecule has 2 heteroatoms. The van der Waals surface area contributed by atoms with Crippen LogP contribution >= 0.6 is 0 Å². The number of hydrogen-bond donors (Lipinski definition) is 0. The number of hydrogen-bond acceptors (Lipinski definition) is 2. The van der Waals surface area contributed by atoms with Crippen LogP contribution in [0, 0.1) is 22.7 Å². The van der Waals surface area contributed by atoms with E-state index in [2.05, 4.69) is 41.3 Å². The largest absolute Gasteiger partial charge is 0.297 e. The molecule has 17 heavy (non-hydrogen) atoms. The van der Waals surface area contributed by atoms with Gasteiger partial charge in [-0.15, -0.1) is 0 Å². The van der Waals surface area contributed by atoms with Crippen molar-refractivity contribution in [3.05, 3.63) is 35.9 Å². The van der Waals surface area contributed by atoms with Crippen molar-refractivity contribution in [1.29, 1.82) is 5.26 Å². The molecule has 88 valence electrons. The highest BCUT2D eigenvalue weighted by Gasteiger charge is 2.50. The monoisotopic (exact) mass is 226 g/mol. The summed E-state index contributed by atoms with van der Waals surface area (Å²) in [6.45, 7) is 3.09. The quantitative estimate of drug-likeness (QED) is 0.775. The van der Waals surface area contributed by atoms with Crippen LogP contribution in [0.1, 0.15) is 24.8 Å². The molecule has 1 saturated carbocycles. The van der Waals surface area contributed by atoms with Gasteiger partial charge in [0.15, 0.2) is 0 Å². The number of rotatable bonds is 2. The van der Waals surface area contributed by atoms with E-state index in [0.29, 0.717) is 5.41 Å². The molecule has 0 N–H and O–H groups in total. The molecule has 0 amide bonds. The second-order valence-electron chi connectivity index (χ2n) is 5.55. The Morgan fingerprint density at radius 2 is 2.06 bits per heavy atom. The fourth-order valence-electron chi connectivity index (χ4n) is 3.35. The van der Waals surface area contributed by atoms with E-state index in [-0.39, 0.29) is 5.92 Å². The summed E-state index contributed by atoms with van der Waals surface area (Å²) in [6.07, 6.45) is 3.84. The standard InChI is InChI=1S/C15H18N2/c16-9-14-11-17(12-15(14)7-4-8-15)10-13-5-2-1-3-6-13/h1-3,5-6,14H,4,7-8,10-12H2/t14-/m1/s1. The minimum atomic E-state index is 0.264. The van der Waals surface area contributed by atoms with Gasteiger partial charge >= 0.3 is 0 Å². The van der Waals surface area contributed by atoms with Gasteiger partial charge in [-0.05, 0) is 18.4 Å². The number of likely N-dealkylation sites (tertiary alicyclic amines) is 1. The first kappa shape index (κ1) is 10.8. The van der Waals surface area contributed by atoms with E-state index in [1.165, 1.54) is 24.8 Å². The molecule has 1 spiro atoms. The van der Waals surface area contributed by atoms with Gasteiger partial charge in [0, 0.05) is 25.0 Å². The zero-order chi connectivity index (χ0) is 11.7. The molecule has 0 aromatic heterocycles. The van der Waals surface area contributed by atoms with Gasteiger partial charge in [-0.25, -0.2) is 0 Å². The molecule has 1 heterocycles. The lowest BCUT2D eigenvalue weighted by atomic mass is 9.63. The van der Waals surface area contributed by atoms with Crippen molar-refractivity contribution in [3.63, 3.8) is 0 Å². The molecule has 0 unspecified atom stereocenters. The van der Waals surface area contributed by atoms with E-state index in [4.69, 9.17) is 0 Å². The second-order valence-corrected chi connectivity index (χ2v) is 5.55. The average Bonchev–Trinajstić information content (AvgIpc) is 2.69. The molecule has 1 aromatic rings. The molecule has 2 aliphatic rings. The highest BCUT2D eigenvalue weighted by atomic mass is 15.2. The maximum atomic E-state index is 9.27. The van der Waals surface area contributed by atoms with E-state index in [9.17, 15) is 5.26 Å². The van der Waals surface area contributed by atoms with Gasteiger partial charge in [0.2, 0.25) is 0 Å². The van der Waals surface area contributed by atoms with E-state index >= 15 is 0 Å². The van der Waals surface area contributed by atoms with Gasteiger partial charge in [0.1, 0.15) is 0 Å².